The molecule has 2 N–H and O–H groups in total. The summed E-state index contributed by atoms with van der Waals surface area (Å²) in [5.41, 5.74) is 6.79. The van der Waals surface area contributed by atoms with Gasteiger partial charge in [0.1, 0.15) is 0 Å². The molecule has 0 saturated heterocycles. The van der Waals surface area contributed by atoms with Crippen LogP contribution >= 0.6 is 0 Å². The lowest BCUT2D eigenvalue weighted by Crippen LogP contribution is -2.46. The number of hydrogen-bond donors (Lipinski definition) is 1. The van der Waals surface area contributed by atoms with E-state index < -0.39 is 0 Å². The third-order valence-corrected chi connectivity index (χ3v) is 5.52. The summed E-state index contributed by atoms with van der Waals surface area (Å²) in [6.45, 7) is 4.89. The summed E-state index contributed by atoms with van der Waals surface area (Å²) in [6, 6.07) is 0.503. The van der Waals surface area contributed by atoms with Crippen LogP contribution in [0.25, 0.3) is 0 Å². The molecule has 2 fully saturated rings. The maximum atomic E-state index is 6.15. The molecule has 94 valence electrons. The molecule has 0 spiro atoms. The topological polar surface area (TPSA) is 26.0 Å². The number of unbranched alkanes of at least 4 members (excludes halogenated alkanes) is 1. The normalized spacial score (nSPS) is 44.1. The van der Waals surface area contributed by atoms with E-state index in [1.165, 1.54) is 57.8 Å². The SMILES string of the molecule is CCCCC1CCCC2CC(N)CCC12C. The van der Waals surface area contributed by atoms with Gasteiger partial charge in [-0.3, -0.25) is 0 Å². The standard InChI is InChI=1S/C15H29N/c1-3-4-6-12-7-5-8-13-11-14(16)9-10-15(12,13)2/h12-14H,3-11,16H2,1-2H3. The molecule has 2 aliphatic rings. The van der Waals surface area contributed by atoms with Crippen LogP contribution in [-0.2, 0) is 0 Å². The van der Waals surface area contributed by atoms with E-state index in [2.05, 4.69) is 13.8 Å². The zero-order valence-corrected chi connectivity index (χ0v) is 11.2. The second-order valence-corrected chi connectivity index (χ2v) is 6.51. The van der Waals surface area contributed by atoms with Crippen LogP contribution in [0.15, 0.2) is 0 Å². The average Bonchev–Trinajstić information content (AvgIpc) is 2.27. The van der Waals surface area contributed by atoms with E-state index in [9.17, 15) is 0 Å². The van der Waals surface area contributed by atoms with Gasteiger partial charge in [-0.05, 0) is 55.8 Å². The first-order chi connectivity index (χ1) is 7.66. The van der Waals surface area contributed by atoms with Crippen LogP contribution < -0.4 is 5.73 Å². The molecule has 0 aromatic heterocycles. The fourth-order valence-corrected chi connectivity index (χ4v) is 4.30. The lowest BCUT2D eigenvalue weighted by atomic mass is 9.54. The summed E-state index contributed by atoms with van der Waals surface area (Å²) >= 11 is 0. The van der Waals surface area contributed by atoms with Gasteiger partial charge in [-0.1, -0.05) is 33.1 Å². The fraction of sp³-hybridized carbons (Fsp3) is 1.00. The minimum absolute atomic E-state index is 0.503. The van der Waals surface area contributed by atoms with Gasteiger partial charge in [0.2, 0.25) is 0 Å². The maximum absolute atomic E-state index is 6.15. The van der Waals surface area contributed by atoms with Crippen molar-refractivity contribution in [2.45, 2.75) is 77.7 Å². The van der Waals surface area contributed by atoms with Crippen molar-refractivity contribution in [3.8, 4) is 0 Å². The molecular formula is C15H29N. The van der Waals surface area contributed by atoms with Crippen LogP contribution in [0.3, 0.4) is 0 Å². The summed E-state index contributed by atoms with van der Waals surface area (Å²) < 4.78 is 0. The van der Waals surface area contributed by atoms with Gasteiger partial charge >= 0.3 is 0 Å². The quantitative estimate of drug-likeness (QED) is 0.765. The molecule has 2 saturated carbocycles. The van der Waals surface area contributed by atoms with E-state index in [0.717, 1.165) is 11.8 Å². The number of fused-ring (bicyclic) bond motifs is 1. The van der Waals surface area contributed by atoms with Gasteiger partial charge in [-0.2, -0.15) is 0 Å². The monoisotopic (exact) mass is 223 g/mol. The summed E-state index contributed by atoms with van der Waals surface area (Å²) in [5, 5.41) is 0. The van der Waals surface area contributed by atoms with E-state index in [1.54, 1.807) is 0 Å². The number of nitrogens with two attached hydrogens (primary N) is 1. The van der Waals surface area contributed by atoms with Crippen LogP contribution in [0.1, 0.15) is 71.6 Å². The molecule has 16 heavy (non-hydrogen) atoms. The van der Waals surface area contributed by atoms with Crippen LogP contribution in [0.2, 0.25) is 0 Å². The molecule has 0 aromatic carbocycles. The van der Waals surface area contributed by atoms with Crippen LogP contribution in [0, 0.1) is 17.3 Å². The third-order valence-electron chi connectivity index (χ3n) is 5.52. The minimum Gasteiger partial charge on any atom is -0.328 e. The Morgan fingerprint density at radius 1 is 1.25 bits per heavy atom. The van der Waals surface area contributed by atoms with Crippen molar-refractivity contribution in [1.29, 1.82) is 0 Å². The van der Waals surface area contributed by atoms with Crippen molar-refractivity contribution in [2.24, 2.45) is 23.0 Å². The predicted molar refractivity (Wildman–Crippen MR) is 70.3 cm³/mol. The van der Waals surface area contributed by atoms with E-state index in [1.807, 2.05) is 0 Å². The van der Waals surface area contributed by atoms with E-state index in [-0.39, 0.29) is 0 Å². The molecule has 0 aliphatic heterocycles. The van der Waals surface area contributed by atoms with E-state index >= 15 is 0 Å². The van der Waals surface area contributed by atoms with Crippen molar-refractivity contribution in [2.75, 3.05) is 0 Å². The van der Waals surface area contributed by atoms with Crippen LogP contribution in [0.5, 0.6) is 0 Å². The Balaban J connectivity index is 2.03. The Morgan fingerprint density at radius 2 is 2.06 bits per heavy atom. The van der Waals surface area contributed by atoms with Gasteiger partial charge in [0.05, 0.1) is 0 Å². The molecule has 1 heteroatoms. The summed E-state index contributed by atoms with van der Waals surface area (Å²) in [6.07, 6.45) is 12.6. The highest BCUT2D eigenvalue weighted by Gasteiger charge is 2.45. The highest BCUT2D eigenvalue weighted by atomic mass is 14.7. The highest BCUT2D eigenvalue weighted by molar-refractivity contribution is 4.97. The molecule has 4 unspecified atom stereocenters. The third kappa shape index (κ3) is 2.30. The number of hydrogen-bond acceptors (Lipinski definition) is 1. The first kappa shape index (κ1) is 12.4. The Hall–Kier alpha value is -0.0400. The first-order valence-electron chi connectivity index (χ1n) is 7.42. The first-order valence-corrected chi connectivity index (χ1v) is 7.42. The molecule has 0 bridgehead atoms. The second-order valence-electron chi connectivity index (χ2n) is 6.51. The van der Waals surface area contributed by atoms with E-state index in [4.69, 9.17) is 5.73 Å². The zero-order chi connectivity index (χ0) is 11.6. The summed E-state index contributed by atoms with van der Waals surface area (Å²) in [5.74, 6) is 1.94. The molecule has 1 nitrogen and oxygen atoms in total. The molecule has 0 amide bonds. The Kier molecular flexibility index (Phi) is 3.94. The molecule has 2 rings (SSSR count). The summed E-state index contributed by atoms with van der Waals surface area (Å²) in [4.78, 5) is 0. The fourth-order valence-electron chi connectivity index (χ4n) is 4.30. The van der Waals surface area contributed by atoms with Crippen molar-refractivity contribution in [1.82, 2.24) is 0 Å². The van der Waals surface area contributed by atoms with Crippen molar-refractivity contribution < 1.29 is 0 Å². The van der Waals surface area contributed by atoms with Crippen molar-refractivity contribution in [3.05, 3.63) is 0 Å². The molecule has 0 aromatic rings. The maximum Gasteiger partial charge on any atom is 0.00418 e. The molecule has 0 heterocycles. The smallest absolute Gasteiger partial charge is 0.00418 e. The number of rotatable bonds is 3. The van der Waals surface area contributed by atoms with Crippen molar-refractivity contribution >= 4 is 0 Å². The van der Waals surface area contributed by atoms with Gasteiger partial charge in [0.15, 0.2) is 0 Å². The predicted octanol–water partition coefficient (Wildman–Crippen LogP) is 4.11. The van der Waals surface area contributed by atoms with Crippen molar-refractivity contribution in [3.63, 3.8) is 0 Å². The minimum atomic E-state index is 0.503. The van der Waals surface area contributed by atoms with Gasteiger partial charge in [0.25, 0.3) is 0 Å². The second kappa shape index (κ2) is 5.08. The molecule has 2 aliphatic carbocycles. The van der Waals surface area contributed by atoms with Gasteiger partial charge < -0.3 is 5.73 Å². The van der Waals surface area contributed by atoms with Gasteiger partial charge in [-0.25, -0.2) is 0 Å². The Bertz CT molecular complexity index is 225. The average molecular weight is 223 g/mol. The van der Waals surface area contributed by atoms with Crippen LogP contribution in [-0.4, -0.2) is 6.04 Å². The lowest BCUT2D eigenvalue weighted by Gasteiger charge is -2.52. The van der Waals surface area contributed by atoms with E-state index in [0.29, 0.717) is 11.5 Å². The van der Waals surface area contributed by atoms with Crippen LogP contribution in [0.4, 0.5) is 0 Å². The largest absolute Gasteiger partial charge is 0.328 e. The Morgan fingerprint density at radius 3 is 2.81 bits per heavy atom. The Labute approximate surface area is 101 Å². The molecule has 0 radical (unpaired) electrons. The highest BCUT2D eigenvalue weighted by Crippen LogP contribution is 2.54. The van der Waals surface area contributed by atoms with Gasteiger partial charge in [0, 0.05) is 6.04 Å². The molecule has 4 atom stereocenters. The zero-order valence-electron chi connectivity index (χ0n) is 11.2. The molecular weight excluding hydrogens is 194 g/mol. The lowest BCUT2D eigenvalue weighted by molar-refractivity contribution is -0.00941. The summed E-state index contributed by atoms with van der Waals surface area (Å²) in [7, 11) is 0. The van der Waals surface area contributed by atoms with Gasteiger partial charge in [-0.15, -0.1) is 0 Å².